The Labute approximate surface area is 183 Å². The van der Waals surface area contributed by atoms with E-state index in [2.05, 4.69) is 4.98 Å². The third-order valence-corrected chi connectivity index (χ3v) is 8.39. The second-order valence-electron chi connectivity index (χ2n) is 6.74. The van der Waals surface area contributed by atoms with Crippen LogP contribution in [-0.4, -0.2) is 22.0 Å². The van der Waals surface area contributed by atoms with Gasteiger partial charge in [-0.2, -0.15) is 0 Å². The zero-order chi connectivity index (χ0) is 20.3. The molecular formula is C20H12Cl2N2O3S2. The molecule has 2 aromatic carbocycles. The first-order chi connectivity index (χ1) is 14.0. The van der Waals surface area contributed by atoms with E-state index in [0.717, 1.165) is 11.3 Å². The molecule has 0 bridgehead atoms. The van der Waals surface area contributed by atoms with E-state index in [-0.39, 0.29) is 16.7 Å². The Morgan fingerprint density at radius 3 is 2.45 bits per heavy atom. The van der Waals surface area contributed by atoms with Gasteiger partial charge in [-0.25, -0.2) is 4.90 Å². The molecule has 29 heavy (non-hydrogen) atoms. The van der Waals surface area contributed by atoms with Crippen LogP contribution in [0.5, 0.6) is 0 Å². The van der Waals surface area contributed by atoms with Gasteiger partial charge >= 0.3 is 4.87 Å². The van der Waals surface area contributed by atoms with Crippen molar-refractivity contribution in [2.75, 3.05) is 4.90 Å². The minimum absolute atomic E-state index is 0.231. The van der Waals surface area contributed by atoms with Crippen molar-refractivity contribution in [2.45, 2.75) is 16.2 Å². The van der Waals surface area contributed by atoms with Gasteiger partial charge in [0.25, 0.3) is 0 Å². The molecule has 3 atom stereocenters. The summed E-state index contributed by atoms with van der Waals surface area (Å²) in [5.41, 5.74) is 1.17. The number of carbonyl (C=O) groups is 2. The summed E-state index contributed by atoms with van der Waals surface area (Å²) < 4.78 is 0. The molecule has 2 aliphatic heterocycles. The maximum Gasteiger partial charge on any atom is 0.305 e. The molecule has 146 valence electrons. The Balaban J connectivity index is 1.70. The number of carbonyl (C=O) groups excluding carboxylic acids is 2. The van der Waals surface area contributed by atoms with Crippen molar-refractivity contribution in [3.05, 3.63) is 78.7 Å². The molecule has 0 saturated carbocycles. The highest BCUT2D eigenvalue weighted by molar-refractivity contribution is 8.00. The van der Waals surface area contributed by atoms with Crippen LogP contribution in [0.25, 0.3) is 0 Å². The molecule has 5 nitrogen and oxygen atoms in total. The number of halogens is 2. The van der Waals surface area contributed by atoms with Crippen LogP contribution < -0.4 is 9.77 Å². The normalized spacial score (nSPS) is 23.2. The van der Waals surface area contributed by atoms with Crippen LogP contribution in [0, 0.1) is 5.92 Å². The summed E-state index contributed by atoms with van der Waals surface area (Å²) in [6, 6.07) is 14.1. The maximum atomic E-state index is 13.5. The van der Waals surface area contributed by atoms with Gasteiger partial charge in [0, 0.05) is 10.8 Å². The maximum absolute atomic E-state index is 13.5. The molecule has 0 spiro atoms. The van der Waals surface area contributed by atoms with E-state index in [4.69, 9.17) is 23.2 Å². The summed E-state index contributed by atoms with van der Waals surface area (Å²) in [6.07, 6.45) is 0. The Hall–Kier alpha value is -2.06. The molecule has 9 heteroatoms. The fourth-order valence-corrected chi connectivity index (χ4v) is 6.88. The van der Waals surface area contributed by atoms with Gasteiger partial charge in [-0.05, 0) is 23.8 Å². The van der Waals surface area contributed by atoms with Gasteiger partial charge in [-0.1, -0.05) is 76.6 Å². The molecule has 0 radical (unpaired) electrons. The lowest BCUT2D eigenvalue weighted by Crippen LogP contribution is -2.32. The Bertz CT molecular complexity index is 1210. The number of para-hydroxylation sites is 1. The number of thioether (sulfide) groups is 1. The fourth-order valence-electron chi connectivity index (χ4n) is 3.94. The number of hydrogen-bond acceptors (Lipinski definition) is 5. The number of H-pyrrole nitrogens is 1. The van der Waals surface area contributed by atoms with Crippen LogP contribution in [0.2, 0.25) is 10.0 Å². The number of amides is 2. The van der Waals surface area contributed by atoms with E-state index in [1.54, 1.807) is 42.5 Å². The van der Waals surface area contributed by atoms with Crippen LogP contribution >= 0.6 is 46.3 Å². The minimum atomic E-state index is -0.678. The molecule has 5 rings (SSSR count). The van der Waals surface area contributed by atoms with Crippen molar-refractivity contribution in [1.82, 2.24) is 4.98 Å². The van der Waals surface area contributed by atoms with Crippen molar-refractivity contribution in [2.24, 2.45) is 5.92 Å². The zero-order valence-electron chi connectivity index (χ0n) is 14.6. The Kier molecular flexibility index (Phi) is 4.58. The number of aromatic amines is 1. The Morgan fingerprint density at radius 1 is 0.931 bits per heavy atom. The lowest BCUT2D eigenvalue weighted by molar-refractivity contribution is -0.122. The van der Waals surface area contributed by atoms with E-state index in [1.165, 1.54) is 16.7 Å². The summed E-state index contributed by atoms with van der Waals surface area (Å²) in [5, 5.41) is 0.647. The van der Waals surface area contributed by atoms with Crippen LogP contribution in [0.4, 0.5) is 5.69 Å². The summed E-state index contributed by atoms with van der Waals surface area (Å²) in [6.45, 7) is 0. The standard InChI is InChI=1S/C20H12Cl2N2O3S2/c21-11-8-4-7-10(14(11)22)12-13-16(28-17-15(12)29-20(27)23-17)19(26)24(18(13)25)9-5-2-1-3-6-9/h1-8,12-13,16H,(H,23,27). The molecule has 1 saturated heterocycles. The summed E-state index contributed by atoms with van der Waals surface area (Å²) in [7, 11) is 0. The van der Waals surface area contributed by atoms with Crippen LogP contribution in [0.1, 0.15) is 16.4 Å². The summed E-state index contributed by atoms with van der Waals surface area (Å²) >= 11 is 15.0. The smallest absolute Gasteiger partial charge is 0.305 e. The van der Waals surface area contributed by atoms with Crippen LogP contribution in [0.3, 0.4) is 0 Å². The van der Waals surface area contributed by atoms with Gasteiger partial charge in [-0.15, -0.1) is 0 Å². The number of aromatic nitrogens is 1. The van der Waals surface area contributed by atoms with Crippen molar-refractivity contribution >= 4 is 63.8 Å². The number of thiazole rings is 1. The molecule has 0 aliphatic carbocycles. The van der Waals surface area contributed by atoms with Crippen molar-refractivity contribution in [1.29, 1.82) is 0 Å². The van der Waals surface area contributed by atoms with Gasteiger partial charge in [0.2, 0.25) is 11.8 Å². The predicted octanol–water partition coefficient (Wildman–Crippen LogP) is 4.54. The molecule has 1 fully saturated rings. The van der Waals surface area contributed by atoms with Crippen LogP contribution in [0.15, 0.2) is 58.4 Å². The van der Waals surface area contributed by atoms with Gasteiger partial charge in [-0.3, -0.25) is 14.4 Å². The number of imide groups is 1. The molecule has 2 aliphatic rings. The number of anilines is 1. The predicted molar refractivity (Wildman–Crippen MR) is 115 cm³/mol. The van der Waals surface area contributed by atoms with E-state index in [0.29, 0.717) is 31.2 Å². The molecule has 1 N–H and O–H groups in total. The average molecular weight is 463 g/mol. The molecular weight excluding hydrogens is 451 g/mol. The summed E-state index contributed by atoms with van der Waals surface area (Å²) in [5.74, 6) is -1.80. The molecule has 3 unspecified atom stereocenters. The first kappa shape index (κ1) is 18.9. The third-order valence-electron chi connectivity index (χ3n) is 5.15. The summed E-state index contributed by atoms with van der Waals surface area (Å²) in [4.78, 5) is 43.3. The molecule has 3 aromatic rings. The zero-order valence-corrected chi connectivity index (χ0v) is 17.7. The second-order valence-corrected chi connectivity index (χ2v) is 9.69. The van der Waals surface area contributed by atoms with E-state index in [9.17, 15) is 14.4 Å². The number of nitrogens with one attached hydrogen (secondary N) is 1. The van der Waals surface area contributed by atoms with Gasteiger partial charge in [0.05, 0.1) is 26.7 Å². The van der Waals surface area contributed by atoms with Crippen LogP contribution in [-0.2, 0) is 9.59 Å². The first-order valence-electron chi connectivity index (χ1n) is 8.74. The largest absolute Gasteiger partial charge is 0.307 e. The molecule has 3 heterocycles. The highest BCUT2D eigenvalue weighted by Gasteiger charge is 2.56. The average Bonchev–Trinajstić information content (AvgIpc) is 3.20. The highest BCUT2D eigenvalue weighted by Crippen LogP contribution is 2.54. The minimum Gasteiger partial charge on any atom is -0.307 e. The highest BCUT2D eigenvalue weighted by atomic mass is 35.5. The van der Waals surface area contributed by atoms with Gasteiger partial charge in [0.1, 0.15) is 5.25 Å². The van der Waals surface area contributed by atoms with E-state index >= 15 is 0 Å². The lowest BCUT2D eigenvalue weighted by atomic mass is 9.83. The van der Waals surface area contributed by atoms with Gasteiger partial charge < -0.3 is 4.98 Å². The van der Waals surface area contributed by atoms with Crippen molar-refractivity contribution in [3.8, 4) is 0 Å². The monoisotopic (exact) mass is 462 g/mol. The Morgan fingerprint density at radius 2 is 1.69 bits per heavy atom. The lowest BCUT2D eigenvalue weighted by Gasteiger charge is -2.30. The number of fused-ring (bicyclic) bond motifs is 2. The van der Waals surface area contributed by atoms with Crippen molar-refractivity contribution in [3.63, 3.8) is 0 Å². The first-order valence-corrected chi connectivity index (χ1v) is 11.2. The van der Waals surface area contributed by atoms with Gasteiger partial charge in [0.15, 0.2) is 0 Å². The number of hydrogen-bond donors (Lipinski definition) is 1. The second kappa shape index (κ2) is 7.02. The topological polar surface area (TPSA) is 70.2 Å². The van der Waals surface area contributed by atoms with Crippen molar-refractivity contribution < 1.29 is 9.59 Å². The number of benzene rings is 2. The molecule has 2 amide bonds. The van der Waals surface area contributed by atoms with E-state index in [1.807, 2.05) is 6.07 Å². The molecule has 1 aromatic heterocycles. The fraction of sp³-hybridized carbons (Fsp3) is 0.150. The SMILES string of the molecule is O=C1C2Sc3[nH]c(=O)sc3C(c3cccc(Cl)c3Cl)C2C(=O)N1c1ccccc1. The van der Waals surface area contributed by atoms with E-state index < -0.39 is 17.1 Å². The quantitative estimate of drug-likeness (QED) is 0.567. The number of nitrogens with zero attached hydrogens (tertiary/aromatic N) is 1. The third kappa shape index (κ3) is 2.87. The number of rotatable bonds is 2.